The van der Waals surface area contributed by atoms with Gasteiger partial charge in [0, 0.05) is 77.8 Å². The Kier molecular flexibility index (Phi) is 21.5. The highest BCUT2D eigenvalue weighted by atomic mass is 16.6. The number of amides is 1. The Bertz CT molecular complexity index is 1780. The highest BCUT2D eigenvalue weighted by molar-refractivity contribution is 5.80. The molecule has 0 atom stereocenters. The molecule has 0 saturated carbocycles. The van der Waals surface area contributed by atoms with E-state index in [0.717, 1.165) is 11.1 Å². The summed E-state index contributed by atoms with van der Waals surface area (Å²) < 4.78 is 33.9. The van der Waals surface area contributed by atoms with Crippen LogP contribution in [0.4, 0.5) is 4.79 Å². The van der Waals surface area contributed by atoms with Crippen LogP contribution in [0.5, 0.6) is 0 Å². The molecule has 0 unspecified atom stereocenters. The summed E-state index contributed by atoms with van der Waals surface area (Å²) in [7, 11) is 0. The topological polar surface area (TPSA) is 166 Å². The summed E-state index contributed by atoms with van der Waals surface area (Å²) in [5.41, 5.74) is 2.73. The number of hydrogen-bond acceptors (Lipinski definition) is 15. The normalized spacial score (nSPS) is 16.3. The standard InChI is InChI=1S/C50H77N5O11/c1-48(2,3)64-44(57)34-53-23-21-52(22-24-54(35-45(58)65-49(4,5)6)26-28-55(27-25-53)36-46(59)66-50(7,8)9)33-38(56)15-14-29-61-31-32-62-30-20-51-47(60)63-37-43-41-18-12-10-16-39(41)40-17-11-13-19-42(40)43/h10-13,16-19,43H,14-15,20-37H2,1-9H3,(H,51,60). The number of ketones is 1. The molecule has 1 heterocycles. The van der Waals surface area contributed by atoms with Gasteiger partial charge in [0.1, 0.15) is 29.2 Å². The summed E-state index contributed by atoms with van der Waals surface area (Å²) in [4.78, 5) is 72.9. The number of nitrogens with zero attached hydrogens (tertiary/aromatic N) is 4. The zero-order chi connectivity index (χ0) is 48.3. The Labute approximate surface area is 392 Å². The van der Waals surface area contributed by atoms with E-state index >= 15 is 0 Å². The number of alkyl carbamates (subject to hydrolysis) is 1. The van der Waals surface area contributed by atoms with Gasteiger partial charge in [-0.25, -0.2) is 4.79 Å². The molecular formula is C50H77N5O11. The van der Waals surface area contributed by atoms with Crippen molar-refractivity contribution in [1.29, 1.82) is 0 Å². The largest absolute Gasteiger partial charge is 0.459 e. The third-order valence-corrected chi connectivity index (χ3v) is 10.6. The van der Waals surface area contributed by atoms with Gasteiger partial charge in [-0.15, -0.1) is 0 Å². The number of carbonyl (C=O) groups is 5. The van der Waals surface area contributed by atoms with Crippen molar-refractivity contribution in [3.63, 3.8) is 0 Å². The number of rotatable bonds is 20. The summed E-state index contributed by atoms with van der Waals surface area (Å²) in [6.07, 6.45) is 0.373. The molecule has 16 heteroatoms. The SMILES string of the molecule is CC(C)(C)OC(=O)CN1CCN(CC(=O)CCCOCCOCCNC(=O)OCC2c3ccccc3-c3ccccc32)CCN(CC(=O)OC(C)(C)C)CCN(CC(=O)OC(C)(C)C)CC1. The van der Waals surface area contributed by atoms with Gasteiger partial charge in [0.15, 0.2) is 0 Å². The van der Waals surface area contributed by atoms with Gasteiger partial charge in [0.05, 0.1) is 46.0 Å². The van der Waals surface area contributed by atoms with Gasteiger partial charge in [-0.3, -0.25) is 38.8 Å². The predicted octanol–water partition coefficient (Wildman–Crippen LogP) is 5.15. The molecule has 16 nitrogen and oxygen atoms in total. The second-order valence-electron chi connectivity index (χ2n) is 20.0. The summed E-state index contributed by atoms with van der Waals surface area (Å²) in [5.74, 6) is -1.01. The van der Waals surface area contributed by atoms with Crippen LogP contribution in [0.15, 0.2) is 48.5 Å². The highest BCUT2D eigenvalue weighted by Gasteiger charge is 2.30. The minimum absolute atomic E-state index is 0.00591. The molecule has 66 heavy (non-hydrogen) atoms. The van der Waals surface area contributed by atoms with E-state index in [4.69, 9.17) is 28.4 Å². The van der Waals surface area contributed by atoms with Gasteiger partial charge in [0.2, 0.25) is 0 Å². The molecule has 368 valence electrons. The number of esters is 3. The summed E-state index contributed by atoms with van der Waals surface area (Å²) in [6.45, 7) is 22.5. The Hall–Kier alpha value is -4.45. The van der Waals surface area contributed by atoms with Crippen LogP contribution >= 0.6 is 0 Å². The van der Waals surface area contributed by atoms with Crippen molar-refractivity contribution in [3.8, 4) is 11.1 Å². The molecule has 1 N–H and O–H groups in total. The van der Waals surface area contributed by atoms with E-state index in [1.54, 1.807) is 0 Å². The van der Waals surface area contributed by atoms with Crippen LogP contribution < -0.4 is 5.32 Å². The lowest BCUT2D eigenvalue weighted by molar-refractivity contribution is -0.158. The lowest BCUT2D eigenvalue weighted by Crippen LogP contribution is -2.50. The lowest BCUT2D eigenvalue weighted by atomic mass is 9.98. The monoisotopic (exact) mass is 924 g/mol. The number of ether oxygens (including phenoxy) is 6. The van der Waals surface area contributed by atoms with Crippen molar-refractivity contribution < 1.29 is 52.4 Å². The van der Waals surface area contributed by atoms with Gasteiger partial charge in [-0.1, -0.05) is 48.5 Å². The molecular weight excluding hydrogens is 847 g/mol. The number of benzene rings is 2. The minimum atomic E-state index is -0.647. The first-order chi connectivity index (χ1) is 31.1. The fraction of sp³-hybridized carbons (Fsp3) is 0.660. The van der Waals surface area contributed by atoms with E-state index in [2.05, 4.69) is 34.5 Å². The fourth-order valence-corrected chi connectivity index (χ4v) is 7.78. The van der Waals surface area contributed by atoms with E-state index in [0.29, 0.717) is 98.2 Å². The number of Topliss-reactive ketones (excluding diaryl/α,β-unsaturated/α-hetero) is 1. The van der Waals surface area contributed by atoms with Crippen LogP contribution in [0.25, 0.3) is 11.1 Å². The van der Waals surface area contributed by atoms with Crippen molar-refractivity contribution in [1.82, 2.24) is 24.9 Å². The average Bonchev–Trinajstić information content (AvgIpc) is 3.52. The van der Waals surface area contributed by atoms with Crippen molar-refractivity contribution in [2.24, 2.45) is 0 Å². The number of nitrogens with one attached hydrogen (secondary N) is 1. The minimum Gasteiger partial charge on any atom is -0.459 e. The molecule has 1 fully saturated rings. The van der Waals surface area contributed by atoms with Crippen LogP contribution in [0.1, 0.15) is 92.2 Å². The van der Waals surface area contributed by atoms with Gasteiger partial charge in [-0.2, -0.15) is 0 Å². The molecule has 0 spiro atoms. The molecule has 2 aromatic carbocycles. The third kappa shape index (κ3) is 21.0. The fourth-order valence-electron chi connectivity index (χ4n) is 7.78. The number of hydrogen-bond donors (Lipinski definition) is 1. The van der Waals surface area contributed by atoms with Gasteiger partial charge in [0.25, 0.3) is 0 Å². The smallest absolute Gasteiger partial charge is 0.407 e. The molecule has 2 aromatic rings. The maximum absolute atomic E-state index is 13.4. The summed E-state index contributed by atoms with van der Waals surface area (Å²) in [6, 6.07) is 16.4. The molecule has 2 aliphatic rings. The van der Waals surface area contributed by atoms with Crippen LogP contribution in [-0.4, -0.2) is 184 Å². The highest BCUT2D eigenvalue weighted by Crippen LogP contribution is 2.44. The first-order valence-corrected chi connectivity index (χ1v) is 23.4. The second-order valence-corrected chi connectivity index (χ2v) is 20.0. The Morgan fingerprint density at radius 2 is 0.909 bits per heavy atom. The van der Waals surface area contributed by atoms with Crippen LogP contribution in [0.2, 0.25) is 0 Å². The molecule has 1 aliphatic heterocycles. The number of fused-ring (bicyclic) bond motifs is 3. The van der Waals surface area contributed by atoms with E-state index in [9.17, 15) is 24.0 Å². The predicted molar refractivity (Wildman–Crippen MR) is 252 cm³/mol. The molecule has 0 bridgehead atoms. The Morgan fingerprint density at radius 3 is 1.32 bits per heavy atom. The summed E-state index contributed by atoms with van der Waals surface area (Å²) >= 11 is 0. The average molecular weight is 924 g/mol. The molecule has 1 saturated heterocycles. The van der Waals surface area contributed by atoms with Crippen LogP contribution in [0.3, 0.4) is 0 Å². The van der Waals surface area contributed by atoms with Gasteiger partial charge < -0.3 is 33.7 Å². The van der Waals surface area contributed by atoms with Crippen molar-refractivity contribution in [2.45, 2.75) is 97.9 Å². The van der Waals surface area contributed by atoms with E-state index in [1.807, 2.05) is 101 Å². The van der Waals surface area contributed by atoms with E-state index in [-0.39, 0.29) is 62.4 Å². The molecule has 4 rings (SSSR count). The first kappa shape index (κ1) is 54.2. The second kappa shape index (κ2) is 26.2. The summed E-state index contributed by atoms with van der Waals surface area (Å²) in [5, 5.41) is 2.75. The molecule has 1 amide bonds. The zero-order valence-corrected chi connectivity index (χ0v) is 41.1. The maximum Gasteiger partial charge on any atom is 0.407 e. The van der Waals surface area contributed by atoms with Gasteiger partial charge >= 0.3 is 24.0 Å². The first-order valence-electron chi connectivity index (χ1n) is 23.4. The van der Waals surface area contributed by atoms with Crippen molar-refractivity contribution >= 4 is 29.8 Å². The van der Waals surface area contributed by atoms with Crippen molar-refractivity contribution in [2.75, 3.05) is 118 Å². The third-order valence-electron chi connectivity index (χ3n) is 10.6. The molecule has 0 aromatic heterocycles. The maximum atomic E-state index is 13.4. The van der Waals surface area contributed by atoms with Crippen LogP contribution in [-0.2, 0) is 47.6 Å². The van der Waals surface area contributed by atoms with E-state index in [1.165, 1.54) is 11.1 Å². The van der Waals surface area contributed by atoms with Crippen LogP contribution in [0, 0.1) is 0 Å². The molecule has 0 radical (unpaired) electrons. The lowest BCUT2D eigenvalue weighted by Gasteiger charge is -2.34. The Morgan fingerprint density at radius 1 is 0.530 bits per heavy atom. The zero-order valence-electron chi connectivity index (χ0n) is 41.1. The van der Waals surface area contributed by atoms with E-state index < -0.39 is 22.9 Å². The quantitative estimate of drug-likeness (QED) is 0.105. The molecule has 1 aliphatic carbocycles. The van der Waals surface area contributed by atoms with Gasteiger partial charge in [-0.05, 0) is 91.0 Å². The Balaban J connectivity index is 1.21. The van der Waals surface area contributed by atoms with Crippen molar-refractivity contribution in [3.05, 3.63) is 59.7 Å². The number of carbonyl (C=O) groups excluding carboxylic acids is 5.